The Bertz CT molecular complexity index is 155. The van der Waals surface area contributed by atoms with E-state index in [2.05, 4.69) is 31.0 Å². The summed E-state index contributed by atoms with van der Waals surface area (Å²) in [5.41, 5.74) is 0. The summed E-state index contributed by atoms with van der Waals surface area (Å²) in [6.45, 7) is 11.9. The third kappa shape index (κ3) is 4.12. The van der Waals surface area contributed by atoms with E-state index in [9.17, 15) is 0 Å². The van der Waals surface area contributed by atoms with Crippen LogP contribution in [0, 0.1) is 5.92 Å². The Balaban J connectivity index is 2.19. The van der Waals surface area contributed by atoms with Crippen LogP contribution in [0.15, 0.2) is 0 Å². The number of hydrogen-bond donors (Lipinski definition) is 1. The molecule has 15 heavy (non-hydrogen) atoms. The van der Waals surface area contributed by atoms with Crippen LogP contribution in [0.5, 0.6) is 0 Å². The van der Waals surface area contributed by atoms with E-state index < -0.39 is 0 Å². The first-order chi connectivity index (χ1) is 7.31. The SMILES string of the molecule is CCCNCC1CCN(C(CC)CC)C1. The Labute approximate surface area is 95.4 Å². The van der Waals surface area contributed by atoms with Crippen molar-refractivity contribution in [1.29, 1.82) is 0 Å². The average Bonchev–Trinajstić information content (AvgIpc) is 2.69. The maximum atomic E-state index is 3.55. The normalized spacial score (nSPS) is 22.8. The fraction of sp³-hybridized carbons (Fsp3) is 1.00. The van der Waals surface area contributed by atoms with Gasteiger partial charge in [0.2, 0.25) is 0 Å². The van der Waals surface area contributed by atoms with Gasteiger partial charge in [0.25, 0.3) is 0 Å². The molecule has 1 heterocycles. The maximum Gasteiger partial charge on any atom is 0.00901 e. The highest BCUT2D eigenvalue weighted by molar-refractivity contribution is 4.81. The lowest BCUT2D eigenvalue weighted by molar-refractivity contribution is 0.221. The highest BCUT2D eigenvalue weighted by Gasteiger charge is 2.25. The largest absolute Gasteiger partial charge is 0.316 e. The second kappa shape index (κ2) is 7.24. The summed E-state index contributed by atoms with van der Waals surface area (Å²) >= 11 is 0. The molecule has 1 aliphatic heterocycles. The molecule has 0 spiro atoms. The Kier molecular flexibility index (Phi) is 6.26. The van der Waals surface area contributed by atoms with E-state index >= 15 is 0 Å². The molecule has 1 aliphatic rings. The first kappa shape index (κ1) is 13.0. The van der Waals surface area contributed by atoms with Gasteiger partial charge in [-0.2, -0.15) is 0 Å². The van der Waals surface area contributed by atoms with Gasteiger partial charge in [-0.15, -0.1) is 0 Å². The van der Waals surface area contributed by atoms with Crippen molar-refractivity contribution in [2.45, 2.75) is 52.5 Å². The molecule has 0 radical (unpaired) electrons. The zero-order valence-corrected chi connectivity index (χ0v) is 10.8. The predicted molar refractivity (Wildman–Crippen MR) is 67.2 cm³/mol. The molecule has 0 aromatic carbocycles. The Morgan fingerprint density at radius 3 is 2.60 bits per heavy atom. The lowest BCUT2D eigenvalue weighted by atomic mass is 10.1. The molecule has 0 saturated carbocycles. The third-order valence-electron chi connectivity index (χ3n) is 3.64. The number of nitrogens with zero attached hydrogens (tertiary/aromatic N) is 1. The number of nitrogens with one attached hydrogen (secondary N) is 1. The third-order valence-corrected chi connectivity index (χ3v) is 3.64. The molecule has 90 valence electrons. The zero-order valence-electron chi connectivity index (χ0n) is 10.8. The second-order valence-corrected chi connectivity index (χ2v) is 4.82. The van der Waals surface area contributed by atoms with Crippen LogP contribution in [0.1, 0.15) is 46.5 Å². The fourth-order valence-electron chi connectivity index (χ4n) is 2.65. The van der Waals surface area contributed by atoms with Crippen LogP contribution < -0.4 is 5.32 Å². The van der Waals surface area contributed by atoms with Gasteiger partial charge in [-0.25, -0.2) is 0 Å². The van der Waals surface area contributed by atoms with E-state index in [-0.39, 0.29) is 0 Å². The van der Waals surface area contributed by atoms with Gasteiger partial charge >= 0.3 is 0 Å². The van der Waals surface area contributed by atoms with Crippen molar-refractivity contribution < 1.29 is 0 Å². The molecule has 2 nitrogen and oxygen atoms in total. The van der Waals surface area contributed by atoms with Crippen molar-refractivity contribution in [2.24, 2.45) is 5.92 Å². The van der Waals surface area contributed by atoms with Crippen LogP contribution in [0.25, 0.3) is 0 Å². The number of rotatable bonds is 7. The quantitative estimate of drug-likeness (QED) is 0.652. The maximum absolute atomic E-state index is 3.55. The van der Waals surface area contributed by atoms with E-state index in [1.54, 1.807) is 0 Å². The van der Waals surface area contributed by atoms with Crippen LogP contribution >= 0.6 is 0 Å². The zero-order chi connectivity index (χ0) is 11.1. The van der Waals surface area contributed by atoms with E-state index in [0.29, 0.717) is 0 Å². The summed E-state index contributed by atoms with van der Waals surface area (Å²) < 4.78 is 0. The Hall–Kier alpha value is -0.0800. The molecular formula is C13H28N2. The van der Waals surface area contributed by atoms with Gasteiger partial charge < -0.3 is 10.2 Å². The van der Waals surface area contributed by atoms with E-state index in [0.717, 1.165) is 12.0 Å². The van der Waals surface area contributed by atoms with Crippen LogP contribution in [0.2, 0.25) is 0 Å². The highest BCUT2D eigenvalue weighted by Crippen LogP contribution is 2.20. The molecular weight excluding hydrogens is 184 g/mol. The van der Waals surface area contributed by atoms with Gasteiger partial charge in [-0.05, 0) is 51.2 Å². The van der Waals surface area contributed by atoms with Crippen LogP contribution in [-0.2, 0) is 0 Å². The molecule has 1 fully saturated rings. The molecule has 0 aromatic heterocycles. The van der Waals surface area contributed by atoms with E-state index in [1.807, 2.05) is 0 Å². The lowest BCUT2D eigenvalue weighted by Gasteiger charge is -2.25. The molecule has 0 aliphatic carbocycles. The lowest BCUT2D eigenvalue weighted by Crippen LogP contribution is -2.33. The summed E-state index contributed by atoms with van der Waals surface area (Å²) in [4.78, 5) is 2.69. The number of hydrogen-bond acceptors (Lipinski definition) is 2. The standard InChI is InChI=1S/C13H28N2/c1-4-8-14-10-12-7-9-15(11-12)13(5-2)6-3/h12-14H,4-11H2,1-3H3. The minimum atomic E-state index is 0.834. The van der Waals surface area contributed by atoms with Crippen molar-refractivity contribution in [3.05, 3.63) is 0 Å². The minimum Gasteiger partial charge on any atom is -0.316 e. The molecule has 1 saturated heterocycles. The molecule has 1 atom stereocenters. The van der Waals surface area contributed by atoms with Gasteiger partial charge in [0.05, 0.1) is 0 Å². The highest BCUT2D eigenvalue weighted by atomic mass is 15.2. The van der Waals surface area contributed by atoms with Gasteiger partial charge in [0.15, 0.2) is 0 Å². The smallest absolute Gasteiger partial charge is 0.00901 e. The number of likely N-dealkylation sites (tertiary alicyclic amines) is 1. The van der Waals surface area contributed by atoms with Crippen molar-refractivity contribution in [1.82, 2.24) is 10.2 Å². The first-order valence-corrected chi connectivity index (χ1v) is 6.76. The van der Waals surface area contributed by atoms with Gasteiger partial charge in [-0.1, -0.05) is 20.8 Å². The fourth-order valence-corrected chi connectivity index (χ4v) is 2.65. The topological polar surface area (TPSA) is 15.3 Å². The van der Waals surface area contributed by atoms with Crippen molar-refractivity contribution in [2.75, 3.05) is 26.2 Å². The van der Waals surface area contributed by atoms with Crippen molar-refractivity contribution in [3.63, 3.8) is 0 Å². The minimum absolute atomic E-state index is 0.834. The summed E-state index contributed by atoms with van der Waals surface area (Å²) in [5.74, 6) is 0.900. The molecule has 0 amide bonds. The van der Waals surface area contributed by atoms with E-state index in [4.69, 9.17) is 0 Å². The summed E-state index contributed by atoms with van der Waals surface area (Å²) in [7, 11) is 0. The molecule has 0 aromatic rings. The van der Waals surface area contributed by atoms with Gasteiger partial charge in [0.1, 0.15) is 0 Å². The molecule has 1 rings (SSSR count). The molecule has 2 heteroatoms. The van der Waals surface area contributed by atoms with Crippen molar-refractivity contribution >= 4 is 0 Å². The summed E-state index contributed by atoms with van der Waals surface area (Å²) in [6.07, 6.45) is 5.27. The second-order valence-electron chi connectivity index (χ2n) is 4.82. The molecule has 1 unspecified atom stereocenters. The monoisotopic (exact) mass is 212 g/mol. The van der Waals surface area contributed by atoms with Crippen LogP contribution in [0.3, 0.4) is 0 Å². The van der Waals surface area contributed by atoms with Crippen LogP contribution in [-0.4, -0.2) is 37.1 Å². The molecule has 1 N–H and O–H groups in total. The van der Waals surface area contributed by atoms with Crippen LogP contribution in [0.4, 0.5) is 0 Å². The van der Waals surface area contributed by atoms with Crippen molar-refractivity contribution in [3.8, 4) is 0 Å². The Morgan fingerprint density at radius 1 is 1.27 bits per heavy atom. The molecule has 0 bridgehead atoms. The summed E-state index contributed by atoms with van der Waals surface area (Å²) in [6, 6.07) is 0.834. The van der Waals surface area contributed by atoms with Gasteiger partial charge in [0, 0.05) is 12.6 Å². The van der Waals surface area contributed by atoms with Gasteiger partial charge in [-0.3, -0.25) is 0 Å². The average molecular weight is 212 g/mol. The Morgan fingerprint density at radius 2 is 2.00 bits per heavy atom. The predicted octanol–water partition coefficient (Wildman–Crippen LogP) is 2.50. The van der Waals surface area contributed by atoms with E-state index in [1.165, 1.54) is 51.9 Å². The first-order valence-electron chi connectivity index (χ1n) is 6.76. The summed E-state index contributed by atoms with van der Waals surface area (Å²) in [5, 5.41) is 3.55.